The maximum atomic E-state index is 5.62. The van der Waals surface area contributed by atoms with E-state index in [1.807, 2.05) is 12.4 Å². The van der Waals surface area contributed by atoms with Gasteiger partial charge in [0.05, 0.1) is 5.60 Å². The molecule has 0 bridgehead atoms. The molecule has 1 aromatic heterocycles. The number of rotatable bonds is 12. The van der Waals surface area contributed by atoms with Crippen LogP contribution in [0.2, 0.25) is 0 Å². The van der Waals surface area contributed by atoms with Gasteiger partial charge in [-0.2, -0.15) is 0 Å². The number of hydrogen-bond acceptors (Lipinski definition) is 2. The second-order valence-electron chi connectivity index (χ2n) is 8.96. The number of hydrogen-bond donors (Lipinski definition) is 0. The number of unbranched alkanes of at least 4 members (excludes halogenated alkanes) is 2. The van der Waals surface area contributed by atoms with Crippen molar-refractivity contribution in [2.75, 3.05) is 7.11 Å². The average Bonchev–Trinajstić information content (AvgIpc) is 2.54. The van der Waals surface area contributed by atoms with Gasteiger partial charge in [0.15, 0.2) is 0 Å². The Morgan fingerprint density at radius 2 is 1.52 bits per heavy atom. The average molecular weight is 348 g/mol. The summed E-state index contributed by atoms with van der Waals surface area (Å²) in [6.07, 6.45) is 13.1. The number of methoxy groups -OCH3 is 1. The van der Waals surface area contributed by atoms with Crippen LogP contribution in [0.4, 0.5) is 0 Å². The summed E-state index contributed by atoms with van der Waals surface area (Å²) in [6, 6.07) is 2.35. The van der Waals surface area contributed by atoms with E-state index in [2.05, 4.69) is 52.6 Å². The Morgan fingerprint density at radius 1 is 0.920 bits per heavy atom. The lowest BCUT2D eigenvalue weighted by Crippen LogP contribution is -2.32. The quantitative estimate of drug-likeness (QED) is 0.404. The summed E-state index contributed by atoms with van der Waals surface area (Å²) >= 11 is 0. The van der Waals surface area contributed by atoms with Gasteiger partial charge in [-0.3, -0.25) is 4.98 Å². The zero-order valence-electron chi connectivity index (χ0n) is 17.8. The van der Waals surface area contributed by atoms with E-state index in [0.717, 1.165) is 24.7 Å². The third-order valence-electron chi connectivity index (χ3n) is 5.67. The molecule has 144 valence electrons. The molecule has 1 aromatic rings. The highest BCUT2D eigenvalue weighted by atomic mass is 16.5. The van der Waals surface area contributed by atoms with Gasteiger partial charge in [-0.1, -0.05) is 65.9 Å². The molecular formula is C23H41NO. The van der Waals surface area contributed by atoms with E-state index < -0.39 is 0 Å². The molecule has 0 amide bonds. The summed E-state index contributed by atoms with van der Waals surface area (Å²) in [5, 5.41) is 0. The first-order valence-corrected chi connectivity index (χ1v) is 10.2. The van der Waals surface area contributed by atoms with Gasteiger partial charge in [0, 0.05) is 19.5 Å². The van der Waals surface area contributed by atoms with Crippen molar-refractivity contribution >= 4 is 0 Å². The zero-order chi connectivity index (χ0) is 18.9. The second-order valence-corrected chi connectivity index (χ2v) is 8.96. The molecule has 0 fully saturated rings. The van der Waals surface area contributed by atoms with Gasteiger partial charge in [-0.15, -0.1) is 0 Å². The van der Waals surface area contributed by atoms with E-state index >= 15 is 0 Å². The minimum absolute atomic E-state index is 0.0979. The van der Waals surface area contributed by atoms with Crippen molar-refractivity contribution < 1.29 is 4.74 Å². The molecule has 1 rings (SSSR count). The normalized spacial score (nSPS) is 14.7. The third-order valence-corrected chi connectivity index (χ3v) is 5.67. The van der Waals surface area contributed by atoms with E-state index in [1.54, 1.807) is 7.11 Å². The molecule has 2 unspecified atom stereocenters. The third kappa shape index (κ3) is 8.85. The van der Waals surface area contributed by atoms with Gasteiger partial charge < -0.3 is 4.74 Å². The Morgan fingerprint density at radius 3 is 2.12 bits per heavy atom. The van der Waals surface area contributed by atoms with Crippen molar-refractivity contribution in [1.29, 1.82) is 0 Å². The van der Waals surface area contributed by atoms with Crippen LogP contribution in [-0.4, -0.2) is 17.7 Å². The molecule has 0 aliphatic heterocycles. The molecule has 0 spiro atoms. The SMILES string of the molecule is COC(C)(C)C(C)Cc1cncc(CC(C)CCCCCC(C)C)c1. The highest BCUT2D eigenvalue weighted by Crippen LogP contribution is 2.24. The lowest BCUT2D eigenvalue weighted by atomic mass is 9.86. The maximum Gasteiger partial charge on any atom is 0.0651 e. The van der Waals surface area contributed by atoms with Crippen molar-refractivity contribution in [3.63, 3.8) is 0 Å². The largest absolute Gasteiger partial charge is 0.379 e. The van der Waals surface area contributed by atoms with Crippen molar-refractivity contribution in [1.82, 2.24) is 4.98 Å². The minimum Gasteiger partial charge on any atom is -0.379 e. The molecule has 0 saturated carbocycles. The Labute approximate surface area is 156 Å². The second kappa shape index (κ2) is 11.0. The van der Waals surface area contributed by atoms with Crippen LogP contribution in [0.15, 0.2) is 18.5 Å². The number of pyridine rings is 1. The predicted octanol–water partition coefficient (Wildman–Crippen LogP) is 6.47. The minimum atomic E-state index is -0.0979. The Balaban J connectivity index is 2.44. The Kier molecular flexibility index (Phi) is 9.71. The molecule has 0 radical (unpaired) electrons. The number of aromatic nitrogens is 1. The zero-order valence-corrected chi connectivity index (χ0v) is 17.8. The van der Waals surface area contributed by atoms with Gasteiger partial charge in [0.25, 0.3) is 0 Å². The van der Waals surface area contributed by atoms with Crippen LogP contribution in [0.5, 0.6) is 0 Å². The van der Waals surface area contributed by atoms with E-state index in [9.17, 15) is 0 Å². The molecule has 1 heterocycles. The molecule has 2 atom stereocenters. The van der Waals surface area contributed by atoms with Crippen LogP contribution in [0.25, 0.3) is 0 Å². The van der Waals surface area contributed by atoms with Crippen LogP contribution in [0.1, 0.15) is 84.8 Å². The van der Waals surface area contributed by atoms with Crippen molar-refractivity contribution in [3.8, 4) is 0 Å². The molecule has 0 aliphatic rings. The standard InChI is InChI=1S/C23H41NO/c1-18(2)11-9-8-10-12-19(3)13-21-15-22(17-24-16-21)14-20(4)23(5,6)25-7/h15-20H,8-14H2,1-7H3. The smallest absolute Gasteiger partial charge is 0.0651 e. The van der Waals surface area contributed by atoms with Gasteiger partial charge in [0.1, 0.15) is 0 Å². The molecule has 0 saturated heterocycles. The first-order chi connectivity index (χ1) is 11.7. The summed E-state index contributed by atoms with van der Waals surface area (Å²) in [4.78, 5) is 4.49. The van der Waals surface area contributed by atoms with Crippen LogP contribution in [-0.2, 0) is 17.6 Å². The highest BCUT2D eigenvalue weighted by Gasteiger charge is 2.25. The van der Waals surface area contributed by atoms with Crippen LogP contribution in [0, 0.1) is 17.8 Å². The molecular weight excluding hydrogens is 306 g/mol. The Bertz CT molecular complexity index is 481. The number of nitrogens with zero attached hydrogens (tertiary/aromatic N) is 1. The van der Waals surface area contributed by atoms with Gasteiger partial charge in [-0.05, 0) is 55.6 Å². The molecule has 0 aromatic carbocycles. The Hall–Kier alpha value is -0.890. The summed E-state index contributed by atoms with van der Waals surface area (Å²) < 4.78 is 5.62. The topological polar surface area (TPSA) is 22.1 Å². The van der Waals surface area contributed by atoms with Crippen molar-refractivity contribution in [2.24, 2.45) is 17.8 Å². The number of ether oxygens (including phenoxy) is 1. The molecule has 2 heteroatoms. The monoisotopic (exact) mass is 347 g/mol. The van der Waals surface area contributed by atoms with E-state index in [1.165, 1.54) is 43.2 Å². The first kappa shape index (κ1) is 22.2. The van der Waals surface area contributed by atoms with Gasteiger partial charge in [0.2, 0.25) is 0 Å². The highest BCUT2D eigenvalue weighted by molar-refractivity contribution is 5.19. The summed E-state index contributed by atoms with van der Waals surface area (Å²) in [7, 11) is 1.80. The van der Waals surface area contributed by atoms with Crippen LogP contribution in [0.3, 0.4) is 0 Å². The van der Waals surface area contributed by atoms with Crippen molar-refractivity contribution in [3.05, 3.63) is 29.6 Å². The van der Waals surface area contributed by atoms with Gasteiger partial charge >= 0.3 is 0 Å². The molecule has 25 heavy (non-hydrogen) atoms. The molecule has 0 aliphatic carbocycles. The van der Waals surface area contributed by atoms with Crippen LogP contribution < -0.4 is 0 Å². The summed E-state index contributed by atoms with van der Waals surface area (Å²) in [5.41, 5.74) is 2.62. The summed E-state index contributed by atoms with van der Waals surface area (Å²) in [5.74, 6) is 2.05. The maximum absolute atomic E-state index is 5.62. The van der Waals surface area contributed by atoms with E-state index in [0.29, 0.717) is 5.92 Å². The fourth-order valence-electron chi connectivity index (χ4n) is 3.29. The fraction of sp³-hybridized carbons (Fsp3) is 0.783. The lowest BCUT2D eigenvalue weighted by Gasteiger charge is -2.30. The van der Waals surface area contributed by atoms with E-state index in [-0.39, 0.29) is 5.60 Å². The predicted molar refractivity (Wildman–Crippen MR) is 109 cm³/mol. The first-order valence-electron chi connectivity index (χ1n) is 10.2. The van der Waals surface area contributed by atoms with Gasteiger partial charge in [-0.25, -0.2) is 0 Å². The molecule has 2 nitrogen and oxygen atoms in total. The summed E-state index contributed by atoms with van der Waals surface area (Å²) in [6.45, 7) is 13.6. The molecule has 0 N–H and O–H groups in total. The van der Waals surface area contributed by atoms with Crippen LogP contribution >= 0.6 is 0 Å². The van der Waals surface area contributed by atoms with E-state index in [4.69, 9.17) is 4.74 Å². The fourth-order valence-corrected chi connectivity index (χ4v) is 3.29. The lowest BCUT2D eigenvalue weighted by molar-refractivity contribution is -0.0216. The van der Waals surface area contributed by atoms with Crippen molar-refractivity contribution in [2.45, 2.75) is 92.1 Å².